The van der Waals surface area contributed by atoms with Crippen molar-refractivity contribution in [2.75, 3.05) is 19.7 Å². The number of halogens is 3. The molecular formula is C21H20F3N3O5. The Labute approximate surface area is 181 Å². The summed E-state index contributed by atoms with van der Waals surface area (Å²) >= 11 is 0. The van der Waals surface area contributed by atoms with E-state index in [-0.39, 0.29) is 23.6 Å². The molecule has 170 valence electrons. The van der Waals surface area contributed by atoms with Crippen molar-refractivity contribution in [3.8, 4) is 17.4 Å². The van der Waals surface area contributed by atoms with E-state index < -0.39 is 12.5 Å². The minimum atomic E-state index is -4.75. The third-order valence-corrected chi connectivity index (χ3v) is 5.19. The molecule has 8 nitrogen and oxygen atoms in total. The summed E-state index contributed by atoms with van der Waals surface area (Å²) in [6, 6.07) is 8.43. The van der Waals surface area contributed by atoms with E-state index in [4.69, 9.17) is 9.47 Å². The van der Waals surface area contributed by atoms with Crippen molar-refractivity contribution in [1.82, 2.24) is 15.2 Å². The van der Waals surface area contributed by atoms with E-state index in [0.29, 0.717) is 44.2 Å². The molecule has 2 amide bonds. The second kappa shape index (κ2) is 8.93. The van der Waals surface area contributed by atoms with E-state index >= 15 is 0 Å². The number of benzene rings is 1. The molecule has 0 bridgehead atoms. The van der Waals surface area contributed by atoms with Crippen molar-refractivity contribution in [3.63, 3.8) is 0 Å². The molecule has 3 heterocycles. The molecule has 2 fully saturated rings. The number of nitrogens with zero attached hydrogens (tertiary/aromatic N) is 2. The van der Waals surface area contributed by atoms with E-state index in [0.717, 1.165) is 17.7 Å². The van der Waals surface area contributed by atoms with Crippen LogP contribution in [0.4, 0.5) is 18.0 Å². The summed E-state index contributed by atoms with van der Waals surface area (Å²) in [5, 5.41) is 2.65. The molecule has 32 heavy (non-hydrogen) atoms. The number of pyridine rings is 1. The Balaban J connectivity index is 1.22. The Morgan fingerprint density at radius 3 is 2.47 bits per heavy atom. The molecule has 1 aromatic heterocycles. The molecule has 0 spiro atoms. The number of ether oxygens (including phenoxy) is 3. The van der Waals surface area contributed by atoms with Gasteiger partial charge in [-0.1, -0.05) is 6.07 Å². The lowest BCUT2D eigenvalue weighted by Crippen LogP contribution is -2.48. The maximum atomic E-state index is 12.3. The van der Waals surface area contributed by atoms with Gasteiger partial charge >= 0.3 is 12.5 Å². The number of hydrogen-bond acceptors (Lipinski definition) is 6. The summed E-state index contributed by atoms with van der Waals surface area (Å²) in [7, 11) is 0. The smallest absolute Gasteiger partial charge is 0.447 e. The van der Waals surface area contributed by atoms with Crippen molar-refractivity contribution in [2.45, 2.75) is 31.2 Å². The van der Waals surface area contributed by atoms with Crippen LogP contribution in [0.2, 0.25) is 0 Å². The van der Waals surface area contributed by atoms with E-state index in [1.165, 1.54) is 12.1 Å². The number of amides is 2. The third kappa shape index (κ3) is 5.59. The zero-order valence-electron chi connectivity index (χ0n) is 16.8. The Morgan fingerprint density at radius 1 is 1.16 bits per heavy atom. The Kier molecular flexibility index (Phi) is 6.06. The van der Waals surface area contributed by atoms with Crippen LogP contribution in [0.25, 0.3) is 0 Å². The first-order valence-electron chi connectivity index (χ1n) is 9.96. The number of alkyl carbamates (subject to hydrolysis) is 1. The number of carbonyl (C=O) groups excluding carboxylic acids is 2. The third-order valence-electron chi connectivity index (χ3n) is 5.19. The highest BCUT2D eigenvalue weighted by atomic mass is 19.4. The number of aromatic nitrogens is 1. The van der Waals surface area contributed by atoms with Gasteiger partial charge in [0.25, 0.3) is 0 Å². The van der Waals surface area contributed by atoms with Crippen LogP contribution in [0.1, 0.15) is 24.3 Å². The van der Waals surface area contributed by atoms with Crippen molar-refractivity contribution >= 4 is 12.0 Å². The number of nitrogens with one attached hydrogen (secondary N) is 1. The van der Waals surface area contributed by atoms with Crippen LogP contribution in [-0.4, -0.2) is 54.0 Å². The number of carbonyl (C=O) groups is 2. The van der Waals surface area contributed by atoms with Gasteiger partial charge in [-0.3, -0.25) is 4.79 Å². The highest BCUT2D eigenvalue weighted by Crippen LogP contribution is 2.30. The zero-order valence-corrected chi connectivity index (χ0v) is 16.8. The zero-order chi connectivity index (χ0) is 22.7. The summed E-state index contributed by atoms with van der Waals surface area (Å²) in [6.45, 7) is 1.48. The summed E-state index contributed by atoms with van der Waals surface area (Å²) < 4.78 is 50.8. The van der Waals surface area contributed by atoms with Crippen molar-refractivity contribution in [1.29, 1.82) is 0 Å². The molecule has 1 N–H and O–H groups in total. The monoisotopic (exact) mass is 451 g/mol. The van der Waals surface area contributed by atoms with Crippen molar-refractivity contribution in [2.24, 2.45) is 0 Å². The summed E-state index contributed by atoms with van der Waals surface area (Å²) in [4.78, 5) is 29.3. The first-order valence-corrected chi connectivity index (χ1v) is 9.96. The van der Waals surface area contributed by atoms with Crippen LogP contribution in [0, 0.1) is 0 Å². The first kappa shape index (κ1) is 21.7. The van der Waals surface area contributed by atoms with E-state index in [1.807, 2.05) is 6.07 Å². The average molecular weight is 451 g/mol. The molecule has 2 saturated heterocycles. The van der Waals surface area contributed by atoms with Gasteiger partial charge in [-0.25, -0.2) is 9.78 Å². The molecule has 0 radical (unpaired) electrons. The fourth-order valence-corrected chi connectivity index (χ4v) is 3.45. The van der Waals surface area contributed by atoms with Crippen LogP contribution >= 0.6 is 0 Å². The maximum Gasteiger partial charge on any atom is 0.573 e. The predicted octanol–water partition coefficient (Wildman–Crippen LogP) is 3.59. The van der Waals surface area contributed by atoms with Crippen molar-refractivity contribution < 1.29 is 37.0 Å². The normalized spacial score (nSPS) is 18.5. The van der Waals surface area contributed by atoms with Gasteiger partial charge < -0.3 is 24.4 Å². The van der Waals surface area contributed by atoms with Crippen LogP contribution in [0.5, 0.6) is 17.4 Å². The lowest BCUT2D eigenvalue weighted by Gasteiger charge is -2.39. The fraction of sp³-hybridized carbons (Fsp3) is 0.381. The molecule has 1 aromatic carbocycles. The number of cyclic esters (lactones) is 1. The second-order valence-electron chi connectivity index (χ2n) is 7.53. The SMILES string of the molecule is O=C1N[C@H](CCC(=O)N2CC(c3ccc(Oc4ccc(OC(F)(F)F)cc4)nc3)C2)CO1. The lowest BCUT2D eigenvalue weighted by molar-refractivity contribution is -0.274. The van der Waals surface area contributed by atoms with Gasteiger partial charge in [0, 0.05) is 37.7 Å². The second-order valence-corrected chi connectivity index (χ2v) is 7.53. The molecule has 2 aliphatic heterocycles. The van der Waals surface area contributed by atoms with E-state index in [9.17, 15) is 22.8 Å². The molecule has 0 unspecified atom stereocenters. The largest absolute Gasteiger partial charge is 0.573 e. The molecule has 11 heteroatoms. The number of rotatable bonds is 7. The minimum Gasteiger partial charge on any atom is -0.447 e. The number of hydrogen-bond donors (Lipinski definition) is 1. The topological polar surface area (TPSA) is 90.0 Å². The molecular weight excluding hydrogens is 431 g/mol. The summed E-state index contributed by atoms with van der Waals surface area (Å²) in [6.07, 6.45) is -2.64. The number of alkyl halides is 3. The summed E-state index contributed by atoms with van der Waals surface area (Å²) in [5.41, 5.74) is 0.965. The van der Waals surface area contributed by atoms with Crippen LogP contribution in [0.15, 0.2) is 42.6 Å². The van der Waals surface area contributed by atoms with E-state index in [1.54, 1.807) is 17.2 Å². The van der Waals surface area contributed by atoms with Gasteiger partial charge in [0.05, 0.1) is 6.04 Å². The Hall–Kier alpha value is -3.50. The predicted molar refractivity (Wildman–Crippen MR) is 104 cm³/mol. The van der Waals surface area contributed by atoms with Gasteiger partial charge in [-0.15, -0.1) is 13.2 Å². The minimum absolute atomic E-state index is 0.0354. The maximum absolute atomic E-state index is 12.3. The Bertz CT molecular complexity index is 960. The fourth-order valence-electron chi connectivity index (χ4n) is 3.45. The van der Waals surface area contributed by atoms with E-state index in [2.05, 4.69) is 15.0 Å². The standard InChI is InChI=1S/C21H20F3N3O5/c22-21(23,24)32-17-5-3-16(4-6-17)31-18-7-1-13(9-25-18)14-10-27(11-14)19(28)8-2-15-12-30-20(29)26-15/h1,3-7,9,14-15H,2,8,10-12H2,(H,26,29)/t15-/m1/s1. The van der Waals surface area contributed by atoms with Gasteiger partial charge in [-0.2, -0.15) is 0 Å². The highest BCUT2D eigenvalue weighted by molar-refractivity contribution is 5.77. The quantitative estimate of drug-likeness (QED) is 0.692. The molecule has 0 aliphatic carbocycles. The van der Waals surface area contributed by atoms with Gasteiger partial charge in [-0.05, 0) is 36.2 Å². The van der Waals surface area contributed by atoms with Crippen LogP contribution in [0.3, 0.4) is 0 Å². The molecule has 0 saturated carbocycles. The first-order chi connectivity index (χ1) is 15.2. The summed E-state index contributed by atoms with van der Waals surface area (Å²) in [5.74, 6) is 0.496. The lowest BCUT2D eigenvalue weighted by atomic mass is 9.92. The van der Waals surface area contributed by atoms with Crippen LogP contribution < -0.4 is 14.8 Å². The highest BCUT2D eigenvalue weighted by Gasteiger charge is 2.33. The average Bonchev–Trinajstić information content (AvgIpc) is 3.12. The van der Waals surface area contributed by atoms with Gasteiger partial charge in [0.1, 0.15) is 18.1 Å². The molecule has 4 rings (SSSR count). The van der Waals surface area contributed by atoms with Crippen LogP contribution in [-0.2, 0) is 9.53 Å². The molecule has 2 aliphatic rings. The van der Waals surface area contributed by atoms with Crippen molar-refractivity contribution in [3.05, 3.63) is 48.2 Å². The molecule has 2 aromatic rings. The molecule has 1 atom stereocenters. The van der Waals surface area contributed by atoms with Gasteiger partial charge in [0.15, 0.2) is 0 Å². The van der Waals surface area contributed by atoms with Gasteiger partial charge in [0.2, 0.25) is 11.8 Å². The number of likely N-dealkylation sites (tertiary alicyclic amines) is 1. The Morgan fingerprint density at radius 2 is 1.88 bits per heavy atom.